The maximum Gasteiger partial charge on any atom is 0.408 e. The molecule has 0 aliphatic rings. The summed E-state index contributed by atoms with van der Waals surface area (Å²) in [7, 11) is 1.79. The van der Waals surface area contributed by atoms with Crippen LogP contribution in [0.2, 0.25) is 5.02 Å². The zero-order valence-electron chi connectivity index (χ0n) is 14.0. The van der Waals surface area contributed by atoms with Crippen molar-refractivity contribution in [1.29, 1.82) is 0 Å². The number of ether oxygens (including phenoxy) is 1. The molecule has 6 heteroatoms. The first-order valence-corrected chi connectivity index (χ1v) is 7.85. The number of fused-ring (bicyclic) bond motifs is 1. The second-order valence-electron chi connectivity index (χ2n) is 6.36. The third kappa shape index (κ3) is 4.26. The summed E-state index contributed by atoms with van der Waals surface area (Å²) in [4.78, 5) is 16.5. The summed E-state index contributed by atoms with van der Waals surface area (Å²) in [5, 5.41) is 7.40. The Balaban J connectivity index is 2.32. The number of amides is 1. The minimum Gasteiger partial charge on any atom is -0.444 e. The normalized spacial score (nSPS) is 12.8. The number of benzene rings is 1. The molecule has 0 saturated carbocycles. The van der Waals surface area contributed by atoms with Gasteiger partial charge in [0.15, 0.2) is 0 Å². The first-order valence-electron chi connectivity index (χ1n) is 7.47. The van der Waals surface area contributed by atoms with Gasteiger partial charge in [-0.1, -0.05) is 23.7 Å². The summed E-state index contributed by atoms with van der Waals surface area (Å²) in [6.45, 7) is 7.37. The molecule has 0 radical (unpaired) electrons. The van der Waals surface area contributed by atoms with Crippen LogP contribution in [-0.4, -0.2) is 23.7 Å². The van der Waals surface area contributed by atoms with Crippen LogP contribution in [0.4, 0.5) is 10.6 Å². The van der Waals surface area contributed by atoms with Crippen molar-refractivity contribution in [3.8, 4) is 0 Å². The summed E-state index contributed by atoms with van der Waals surface area (Å²) >= 11 is 6.19. The molecule has 0 aliphatic carbocycles. The largest absolute Gasteiger partial charge is 0.444 e. The number of carbonyl (C=O) groups excluding carboxylic acids is 1. The van der Waals surface area contributed by atoms with E-state index in [0.29, 0.717) is 10.8 Å². The SMILES string of the molecule is CNc1nc2c(Cl)cccc2cc1[C@H](C)NC(=O)OC(C)(C)C. The fourth-order valence-electron chi connectivity index (χ4n) is 2.27. The number of anilines is 1. The average molecular weight is 336 g/mol. The van der Waals surface area contributed by atoms with Crippen molar-refractivity contribution in [3.05, 3.63) is 34.9 Å². The fourth-order valence-corrected chi connectivity index (χ4v) is 2.50. The molecule has 0 bridgehead atoms. The molecular weight excluding hydrogens is 314 g/mol. The fraction of sp³-hybridized carbons (Fsp3) is 0.412. The third-order valence-corrected chi connectivity index (χ3v) is 3.57. The van der Waals surface area contributed by atoms with E-state index >= 15 is 0 Å². The number of nitrogens with one attached hydrogen (secondary N) is 2. The Kier molecular flexibility index (Phi) is 5.00. The number of pyridine rings is 1. The maximum atomic E-state index is 12.0. The molecule has 1 amide bonds. The highest BCUT2D eigenvalue weighted by Crippen LogP contribution is 2.29. The predicted octanol–water partition coefficient (Wildman–Crippen LogP) is 4.52. The molecule has 1 aromatic carbocycles. The summed E-state index contributed by atoms with van der Waals surface area (Å²) in [5.74, 6) is 0.675. The Labute approximate surface area is 141 Å². The molecule has 1 heterocycles. The van der Waals surface area contributed by atoms with Crippen LogP contribution in [0.1, 0.15) is 39.3 Å². The van der Waals surface area contributed by atoms with Gasteiger partial charge in [-0.05, 0) is 39.8 Å². The quantitative estimate of drug-likeness (QED) is 0.865. The Hall–Kier alpha value is -2.01. The van der Waals surface area contributed by atoms with Gasteiger partial charge < -0.3 is 15.4 Å². The maximum absolute atomic E-state index is 12.0. The number of carbonyl (C=O) groups is 1. The zero-order valence-corrected chi connectivity index (χ0v) is 14.8. The Morgan fingerprint density at radius 3 is 2.65 bits per heavy atom. The van der Waals surface area contributed by atoms with Gasteiger partial charge >= 0.3 is 6.09 Å². The first kappa shape index (κ1) is 17.3. The van der Waals surface area contributed by atoms with Crippen molar-refractivity contribution < 1.29 is 9.53 Å². The van der Waals surface area contributed by atoms with Crippen molar-refractivity contribution in [2.75, 3.05) is 12.4 Å². The van der Waals surface area contributed by atoms with E-state index in [9.17, 15) is 4.79 Å². The van der Waals surface area contributed by atoms with Gasteiger partial charge in [-0.25, -0.2) is 9.78 Å². The summed E-state index contributed by atoms with van der Waals surface area (Å²) in [6.07, 6.45) is -0.460. The standard InChI is InChI=1S/C17H22ClN3O2/c1-10(20-16(22)23-17(2,3)4)12-9-11-7-6-8-13(18)14(11)21-15(12)19-5/h6-10H,1-5H3,(H,19,21)(H,20,22)/t10-/m0/s1. The number of rotatable bonds is 3. The number of para-hydroxylation sites is 1. The minimum absolute atomic E-state index is 0.261. The lowest BCUT2D eigenvalue weighted by Crippen LogP contribution is -2.34. The number of hydrogen-bond donors (Lipinski definition) is 2. The van der Waals surface area contributed by atoms with E-state index in [1.165, 1.54) is 0 Å². The molecule has 1 atom stereocenters. The molecule has 124 valence electrons. The lowest BCUT2D eigenvalue weighted by molar-refractivity contribution is 0.0508. The zero-order chi connectivity index (χ0) is 17.2. The number of aromatic nitrogens is 1. The minimum atomic E-state index is -0.537. The van der Waals surface area contributed by atoms with Crippen LogP contribution in [0.15, 0.2) is 24.3 Å². The lowest BCUT2D eigenvalue weighted by Gasteiger charge is -2.23. The van der Waals surface area contributed by atoms with E-state index in [-0.39, 0.29) is 6.04 Å². The van der Waals surface area contributed by atoms with Crippen molar-refractivity contribution in [1.82, 2.24) is 10.3 Å². The first-order chi connectivity index (χ1) is 10.7. The number of nitrogens with zero attached hydrogens (tertiary/aromatic N) is 1. The van der Waals surface area contributed by atoms with Gasteiger partial charge in [0.05, 0.1) is 16.6 Å². The molecular formula is C17H22ClN3O2. The van der Waals surface area contributed by atoms with Crippen LogP contribution in [0.5, 0.6) is 0 Å². The van der Waals surface area contributed by atoms with Gasteiger partial charge in [-0.3, -0.25) is 0 Å². The highest BCUT2D eigenvalue weighted by atomic mass is 35.5. The second-order valence-corrected chi connectivity index (χ2v) is 6.76. The van der Waals surface area contributed by atoms with E-state index in [1.54, 1.807) is 13.1 Å². The molecule has 0 unspecified atom stereocenters. The van der Waals surface area contributed by atoms with Gasteiger partial charge in [0, 0.05) is 18.0 Å². The highest BCUT2D eigenvalue weighted by molar-refractivity contribution is 6.35. The van der Waals surface area contributed by atoms with Gasteiger partial charge in [-0.15, -0.1) is 0 Å². The van der Waals surface area contributed by atoms with Gasteiger partial charge in [0.1, 0.15) is 11.4 Å². The Morgan fingerprint density at radius 2 is 2.04 bits per heavy atom. The van der Waals surface area contributed by atoms with Crippen molar-refractivity contribution in [3.63, 3.8) is 0 Å². The molecule has 1 aromatic heterocycles. The second kappa shape index (κ2) is 6.62. The van der Waals surface area contributed by atoms with Crippen molar-refractivity contribution in [2.45, 2.75) is 39.3 Å². The van der Waals surface area contributed by atoms with E-state index in [4.69, 9.17) is 16.3 Å². The van der Waals surface area contributed by atoms with Crippen LogP contribution in [0.25, 0.3) is 10.9 Å². The average Bonchev–Trinajstić information content (AvgIpc) is 2.44. The summed E-state index contributed by atoms with van der Waals surface area (Å²) in [6, 6.07) is 7.34. The molecule has 2 aromatic rings. The van der Waals surface area contributed by atoms with Crippen LogP contribution in [0, 0.1) is 0 Å². The molecule has 0 spiro atoms. The molecule has 2 N–H and O–H groups in total. The topological polar surface area (TPSA) is 63.2 Å². The molecule has 0 fully saturated rings. The molecule has 5 nitrogen and oxygen atoms in total. The summed E-state index contributed by atoms with van der Waals surface area (Å²) < 4.78 is 5.30. The van der Waals surface area contributed by atoms with Crippen LogP contribution in [0.3, 0.4) is 0 Å². The number of hydrogen-bond acceptors (Lipinski definition) is 4. The predicted molar refractivity (Wildman–Crippen MR) is 94.1 cm³/mol. The van der Waals surface area contributed by atoms with Gasteiger partial charge in [-0.2, -0.15) is 0 Å². The van der Waals surface area contributed by atoms with Crippen LogP contribution in [-0.2, 0) is 4.74 Å². The van der Waals surface area contributed by atoms with Crippen molar-refractivity contribution in [2.24, 2.45) is 0 Å². The lowest BCUT2D eigenvalue weighted by atomic mass is 10.1. The van der Waals surface area contributed by atoms with Crippen LogP contribution >= 0.6 is 11.6 Å². The number of halogens is 1. The third-order valence-electron chi connectivity index (χ3n) is 3.26. The van der Waals surface area contributed by atoms with E-state index < -0.39 is 11.7 Å². The number of alkyl carbamates (subject to hydrolysis) is 1. The molecule has 2 rings (SSSR count). The highest BCUT2D eigenvalue weighted by Gasteiger charge is 2.20. The van der Waals surface area contributed by atoms with E-state index in [1.807, 2.05) is 45.9 Å². The van der Waals surface area contributed by atoms with Crippen molar-refractivity contribution >= 4 is 34.4 Å². The Morgan fingerprint density at radius 1 is 1.35 bits per heavy atom. The molecule has 0 aliphatic heterocycles. The monoisotopic (exact) mass is 335 g/mol. The van der Waals surface area contributed by atoms with Gasteiger partial charge in [0.25, 0.3) is 0 Å². The van der Waals surface area contributed by atoms with Gasteiger partial charge in [0.2, 0.25) is 0 Å². The molecule has 0 saturated heterocycles. The Bertz CT molecular complexity index is 726. The molecule has 23 heavy (non-hydrogen) atoms. The van der Waals surface area contributed by atoms with E-state index in [2.05, 4.69) is 15.6 Å². The van der Waals surface area contributed by atoms with E-state index in [0.717, 1.165) is 16.5 Å². The summed E-state index contributed by atoms with van der Waals surface area (Å²) in [5.41, 5.74) is 1.06. The smallest absolute Gasteiger partial charge is 0.408 e. The van der Waals surface area contributed by atoms with Crippen LogP contribution < -0.4 is 10.6 Å².